The highest BCUT2D eigenvalue weighted by molar-refractivity contribution is 5.49. The van der Waals surface area contributed by atoms with Crippen molar-refractivity contribution in [3.8, 4) is 0 Å². The summed E-state index contributed by atoms with van der Waals surface area (Å²) in [4.78, 5) is 10.0. The number of hydrogen-bond donors (Lipinski definition) is 0. The molecule has 68 valence electrons. The van der Waals surface area contributed by atoms with Gasteiger partial charge in [0.2, 0.25) is 0 Å². The monoisotopic (exact) mass is 166 g/mol. The van der Waals surface area contributed by atoms with Crippen molar-refractivity contribution in [1.82, 2.24) is 0 Å². The van der Waals surface area contributed by atoms with Crippen LogP contribution in [0.2, 0.25) is 0 Å². The molecule has 0 aromatic carbocycles. The van der Waals surface area contributed by atoms with Crippen LogP contribution < -0.4 is 0 Å². The molecule has 1 heteroatoms. The second-order valence-corrected chi connectivity index (χ2v) is 3.25. The molecular weight excluding hydrogens is 148 g/mol. The van der Waals surface area contributed by atoms with Crippen LogP contribution in [0.25, 0.3) is 0 Å². The zero-order valence-electron chi connectivity index (χ0n) is 8.10. The van der Waals surface area contributed by atoms with Gasteiger partial charge in [-0.05, 0) is 33.1 Å². The maximum absolute atomic E-state index is 10.0. The lowest BCUT2D eigenvalue weighted by molar-refractivity contribution is -0.107. The quantitative estimate of drug-likeness (QED) is 0.437. The van der Waals surface area contributed by atoms with E-state index in [2.05, 4.69) is 19.6 Å². The minimum atomic E-state index is 0.648. The molecule has 0 saturated heterocycles. The third kappa shape index (κ3) is 7.26. The fraction of sp³-hybridized carbons (Fsp3) is 0.545. The average Bonchev–Trinajstić information content (AvgIpc) is 2.00. The Hall–Kier alpha value is -0.850. The summed E-state index contributed by atoms with van der Waals surface area (Å²) in [6.07, 6.45) is 6.82. The minimum absolute atomic E-state index is 0.648. The summed E-state index contributed by atoms with van der Waals surface area (Å²) < 4.78 is 0. The van der Waals surface area contributed by atoms with Gasteiger partial charge in [0.15, 0.2) is 0 Å². The summed E-state index contributed by atoms with van der Waals surface area (Å²) in [7, 11) is 0. The predicted molar refractivity (Wildman–Crippen MR) is 53.1 cm³/mol. The molecule has 0 saturated carbocycles. The van der Waals surface area contributed by atoms with E-state index in [-0.39, 0.29) is 0 Å². The van der Waals surface area contributed by atoms with Gasteiger partial charge in [-0.3, -0.25) is 0 Å². The first kappa shape index (κ1) is 11.2. The Morgan fingerprint density at radius 2 is 1.92 bits per heavy atom. The molecule has 0 aliphatic carbocycles. The highest BCUT2D eigenvalue weighted by Crippen LogP contribution is 2.07. The first-order valence-electron chi connectivity index (χ1n) is 4.40. The Morgan fingerprint density at radius 1 is 1.25 bits per heavy atom. The molecule has 0 rings (SSSR count). The SMILES string of the molecule is C=C(C)CCC=C(C)CCC=O. The van der Waals surface area contributed by atoms with E-state index in [0.717, 1.165) is 25.5 Å². The zero-order valence-corrected chi connectivity index (χ0v) is 8.10. The van der Waals surface area contributed by atoms with Crippen molar-refractivity contribution >= 4 is 6.29 Å². The average molecular weight is 166 g/mol. The van der Waals surface area contributed by atoms with Gasteiger partial charge in [0.1, 0.15) is 6.29 Å². The molecule has 12 heavy (non-hydrogen) atoms. The van der Waals surface area contributed by atoms with Gasteiger partial charge in [-0.1, -0.05) is 17.2 Å². The number of carbonyl (C=O) groups is 1. The Bertz CT molecular complexity index is 177. The maximum Gasteiger partial charge on any atom is 0.120 e. The van der Waals surface area contributed by atoms with Gasteiger partial charge in [0, 0.05) is 6.42 Å². The van der Waals surface area contributed by atoms with Crippen molar-refractivity contribution in [2.45, 2.75) is 39.5 Å². The molecule has 0 aromatic rings. The van der Waals surface area contributed by atoms with Crippen LogP contribution >= 0.6 is 0 Å². The van der Waals surface area contributed by atoms with E-state index in [1.165, 1.54) is 11.1 Å². The number of carbonyl (C=O) groups excluding carboxylic acids is 1. The second-order valence-electron chi connectivity index (χ2n) is 3.25. The fourth-order valence-electron chi connectivity index (χ4n) is 0.954. The fourth-order valence-corrected chi connectivity index (χ4v) is 0.954. The molecule has 0 N–H and O–H groups in total. The van der Waals surface area contributed by atoms with Gasteiger partial charge in [0.25, 0.3) is 0 Å². The first-order valence-corrected chi connectivity index (χ1v) is 4.40. The molecule has 0 aliphatic rings. The summed E-state index contributed by atoms with van der Waals surface area (Å²) >= 11 is 0. The van der Waals surface area contributed by atoms with Crippen molar-refractivity contribution in [3.63, 3.8) is 0 Å². The molecule has 0 spiro atoms. The summed E-state index contributed by atoms with van der Waals surface area (Å²) in [5, 5.41) is 0. The van der Waals surface area contributed by atoms with E-state index in [4.69, 9.17) is 0 Å². The van der Waals surface area contributed by atoms with Gasteiger partial charge in [-0.25, -0.2) is 0 Å². The van der Waals surface area contributed by atoms with E-state index in [1.54, 1.807) is 0 Å². The number of rotatable bonds is 6. The van der Waals surface area contributed by atoms with Crippen LogP contribution in [0.4, 0.5) is 0 Å². The topological polar surface area (TPSA) is 17.1 Å². The predicted octanol–water partition coefficient (Wildman–Crippen LogP) is 3.27. The van der Waals surface area contributed by atoms with E-state index >= 15 is 0 Å². The van der Waals surface area contributed by atoms with E-state index in [9.17, 15) is 4.79 Å². The van der Waals surface area contributed by atoms with Crippen LogP contribution in [0.5, 0.6) is 0 Å². The molecule has 0 aromatic heterocycles. The molecule has 1 nitrogen and oxygen atoms in total. The minimum Gasteiger partial charge on any atom is -0.303 e. The summed E-state index contributed by atoms with van der Waals surface area (Å²) in [5.41, 5.74) is 2.53. The molecular formula is C11H18O. The molecule has 0 aliphatic heterocycles. The van der Waals surface area contributed by atoms with Crippen LogP contribution in [-0.4, -0.2) is 6.29 Å². The van der Waals surface area contributed by atoms with E-state index in [1.807, 2.05) is 6.92 Å². The summed E-state index contributed by atoms with van der Waals surface area (Å²) in [5.74, 6) is 0. The summed E-state index contributed by atoms with van der Waals surface area (Å²) in [6, 6.07) is 0. The van der Waals surface area contributed by atoms with Crippen molar-refractivity contribution in [1.29, 1.82) is 0 Å². The molecule has 0 bridgehead atoms. The highest BCUT2D eigenvalue weighted by Gasteiger charge is 1.89. The lowest BCUT2D eigenvalue weighted by Gasteiger charge is -1.97. The van der Waals surface area contributed by atoms with Crippen molar-refractivity contribution < 1.29 is 4.79 Å². The standard InChI is InChI=1S/C11H18O/c1-10(2)6-4-7-11(3)8-5-9-12/h7,9H,1,4-6,8H2,2-3H3. The zero-order chi connectivity index (χ0) is 9.40. The number of hydrogen-bond acceptors (Lipinski definition) is 1. The van der Waals surface area contributed by atoms with E-state index in [0.29, 0.717) is 6.42 Å². The first-order chi connectivity index (χ1) is 5.66. The third-order valence-electron chi connectivity index (χ3n) is 1.72. The van der Waals surface area contributed by atoms with Crippen LogP contribution in [-0.2, 0) is 4.79 Å². The van der Waals surface area contributed by atoms with Gasteiger partial charge in [-0.2, -0.15) is 0 Å². The van der Waals surface area contributed by atoms with Gasteiger partial charge >= 0.3 is 0 Å². The molecule has 0 fully saturated rings. The number of allylic oxidation sites excluding steroid dienone is 3. The number of aldehydes is 1. The van der Waals surface area contributed by atoms with Crippen LogP contribution in [0.3, 0.4) is 0 Å². The molecule has 0 radical (unpaired) electrons. The summed E-state index contributed by atoms with van der Waals surface area (Å²) in [6.45, 7) is 7.94. The van der Waals surface area contributed by atoms with Crippen molar-refractivity contribution in [2.75, 3.05) is 0 Å². The largest absolute Gasteiger partial charge is 0.303 e. The Morgan fingerprint density at radius 3 is 2.42 bits per heavy atom. The highest BCUT2D eigenvalue weighted by atomic mass is 16.1. The Kier molecular flexibility index (Phi) is 6.35. The molecule has 0 amide bonds. The normalized spacial score (nSPS) is 11.3. The smallest absolute Gasteiger partial charge is 0.120 e. The van der Waals surface area contributed by atoms with Crippen molar-refractivity contribution in [3.05, 3.63) is 23.8 Å². The molecule has 0 heterocycles. The van der Waals surface area contributed by atoms with Crippen LogP contribution in [0.1, 0.15) is 39.5 Å². The van der Waals surface area contributed by atoms with Gasteiger partial charge in [-0.15, -0.1) is 6.58 Å². The third-order valence-corrected chi connectivity index (χ3v) is 1.72. The Balaban J connectivity index is 3.53. The van der Waals surface area contributed by atoms with Crippen LogP contribution in [0.15, 0.2) is 23.8 Å². The van der Waals surface area contributed by atoms with Crippen LogP contribution in [0, 0.1) is 0 Å². The lowest BCUT2D eigenvalue weighted by Crippen LogP contribution is -1.80. The Labute approximate surface area is 75.2 Å². The lowest BCUT2D eigenvalue weighted by atomic mass is 10.1. The van der Waals surface area contributed by atoms with Gasteiger partial charge in [0.05, 0.1) is 0 Å². The molecule has 0 atom stereocenters. The maximum atomic E-state index is 10.0. The van der Waals surface area contributed by atoms with Crippen molar-refractivity contribution in [2.24, 2.45) is 0 Å². The van der Waals surface area contributed by atoms with E-state index < -0.39 is 0 Å². The second kappa shape index (κ2) is 6.84. The van der Waals surface area contributed by atoms with Gasteiger partial charge < -0.3 is 4.79 Å². The molecule has 0 unspecified atom stereocenters.